The highest BCUT2D eigenvalue weighted by Gasteiger charge is 2.48. The third-order valence-electron chi connectivity index (χ3n) is 7.55. The van der Waals surface area contributed by atoms with Crippen LogP contribution in [0.15, 0.2) is 0 Å². The Morgan fingerprint density at radius 3 is 2.17 bits per heavy atom. The van der Waals surface area contributed by atoms with Gasteiger partial charge in [-0.2, -0.15) is 0 Å². The van der Waals surface area contributed by atoms with Gasteiger partial charge in [-0.25, -0.2) is 0 Å². The van der Waals surface area contributed by atoms with E-state index in [1.54, 1.807) is 57.8 Å². The molecule has 5 aliphatic rings. The minimum Gasteiger partial charge on any atom is -0.0651 e. The van der Waals surface area contributed by atoms with Crippen LogP contribution in [-0.2, 0) is 0 Å². The molecule has 0 aromatic heterocycles. The van der Waals surface area contributed by atoms with Crippen LogP contribution in [0.4, 0.5) is 0 Å². The second-order valence-electron chi connectivity index (χ2n) is 8.00. The first kappa shape index (κ1) is 11.8. The fourth-order valence-corrected chi connectivity index (χ4v) is 6.87. The van der Waals surface area contributed by atoms with Crippen LogP contribution >= 0.6 is 0 Å². The van der Waals surface area contributed by atoms with Gasteiger partial charge in [-0.05, 0) is 80.0 Å². The van der Waals surface area contributed by atoms with Gasteiger partial charge in [-0.3, -0.25) is 0 Å². The molecule has 7 atom stereocenters. The number of hydrogen-bond acceptors (Lipinski definition) is 0. The van der Waals surface area contributed by atoms with Gasteiger partial charge in [-0.15, -0.1) is 0 Å². The average Bonchev–Trinajstić information content (AvgIpc) is 2.72. The van der Waals surface area contributed by atoms with Gasteiger partial charge in [0.25, 0.3) is 0 Å². The maximum absolute atomic E-state index is 2.49. The van der Waals surface area contributed by atoms with Crippen LogP contribution in [0.25, 0.3) is 0 Å². The van der Waals surface area contributed by atoms with Crippen molar-refractivity contribution in [2.75, 3.05) is 0 Å². The first-order chi connectivity index (χ1) is 8.86. The molecule has 5 aliphatic carbocycles. The van der Waals surface area contributed by atoms with Crippen LogP contribution in [0.2, 0.25) is 0 Å². The van der Waals surface area contributed by atoms with E-state index in [2.05, 4.69) is 6.92 Å². The van der Waals surface area contributed by atoms with Crippen molar-refractivity contribution < 1.29 is 0 Å². The Kier molecular flexibility index (Phi) is 2.97. The fourth-order valence-electron chi connectivity index (χ4n) is 6.87. The molecule has 5 saturated carbocycles. The molecule has 0 heteroatoms. The molecular formula is C18H30. The molecule has 0 aromatic rings. The van der Waals surface area contributed by atoms with Crippen LogP contribution in [0, 0.1) is 41.4 Å². The Morgan fingerprint density at radius 2 is 1.33 bits per heavy atom. The molecule has 5 rings (SSSR count). The summed E-state index contributed by atoms with van der Waals surface area (Å²) >= 11 is 0. The highest BCUT2D eigenvalue weighted by Crippen LogP contribution is 2.58. The van der Waals surface area contributed by atoms with Gasteiger partial charge in [0.2, 0.25) is 0 Å². The second-order valence-corrected chi connectivity index (χ2v) is 8.00. The minimum absolute atomic E-state index is 1.11. The highest BCUT2D eigenvalue weighted by molar-refractivity contribution is 4.98. The summed E-state index contributed by atoms with van der Waals surface area (Å²) in [5, 5.41) is 0. The molecule has 102 valence electrons. The number of hydrogen-bond donors (Lipinski definition) is 0. The Bertz CT molecular complexity index is 307. The molecule has 7 unspecified atom stereocenters. The van der Waals surface area contributed by atoms with Crippen LogP contribution in [0.5, 0.6) is 0 Å². The van der Waals surface area contributed by atoms with Crippen LogP contribution in [-0.4, -0.2) is 0 Å². The monoisotopic (exact) mass is 246 g/mol. The van der Waals surface area contributed by atoms with E-state index in [1.807, 2.05) is 0 Å². The van der Waals surface area contributed by atoms with Crippen LogP contribution < -0.4 is 0 Å². The maximum Gasteiger partial charge on any atom is -0.0352 e. The smallest absolute Gasteiger partial charge is 0.0352 e. The van der Waals surface area contributed by atoms with E-state index in [9.17, 15) is 0 Å². The van der Waals surface area contributed by atoms with Crippen LogP contribution in [0.3, 0.4) is 0 Å². The molecule has 0 radical (unpaired) electrons. The molecule has 18 heavy (non-hydrogen) atoms. The summed E-state index contributed by atoms with van der Waals surface area (Å²) in [5.41, 5.74) is 0. The van der Waals surface area contributed by atoms with Crippen molar-refractivity contribution >= 4 is 0 Å². The van der Waals surface area contributed by atoms with Gasteiger partial charge in [-0.1, -0.05) is 32.6 Å². The van der Waals surface area contributed by atoms with Gasteiger partial charge in [0, 0.05) is 0 Å². The highest BCUT2D eigenvalue weighted by atomic mass is 14.5. The summed E-state index contributed by atoms with van der Waals surface area (Å²) in [6.07, 6.45) is 15.9. The first-order valence-electron chi connectivity index (χ1n) is 8.86. The molecular weight excluding hydrogens is 216 g/mol. The Morgan fingerprint density at radius 1 is 0.667 bits per heavy atom. The zero-order chi connectivity index (χ0) is 12.1. The van der Waals surface area contributed by atoms with Gasteiger partial charge in [0.05, 0.1) is 0 Å². The number of fused-ring (bicyclic) bond motifs is 5. The van der Waals surface area contributed by atoms with Crippen molar-refractivity contribution in [2.24, 2.45) is 41.4 Å². The second kappa shape index (κ2) is 4.53. The quantitative estimate of drug-likeness (QED) is 0.591. The summed E-state index contributed by atoms with van der Waals surface area (Å²) in [4.78, 5) is 0. The summed E-state index contributed by atoms with van der Waals surface area (Å²) < 4.78 is 0. The Hall–Kier alpha value is 0. The van der Waals surface area contributed by atoms with Crippen molar-refractivity contribution in [3.8, 4) is 0 Å². The summed E-state index contributed by atoms with van der Waals surface area (Å²) in [7, 11) is 0. The third-order valence-corrected chi connectivity index (χ3v) is 7.55. The Labute approximate surface area is 113 Å². The lowest BCUT2D eigenvalue weighted by Crippen LogP contribution is -2.36. The minimum atomic E-state index is 1.11. The topological polar surface area (TPSA) is 0 Å². The lowest BCUT2D eigenvalue weighted by atomic mass is 9.60. The standard InChI is InChI=1S/C18H30/c1-2-16-12-4-3-5-13-11-18(16)15-7-6-14(10-15)17(13)9-8-12/h12-18H,2-11H2,1H3. The zero-order valence-electron chi connectivity index (χ0n) is 12.1. The van der Waals surface area contributed by atoms with E-state index in [0.717, 1.165) is 41.4 Å². The zero-order valence-corrected chi connectivity index (χ0v) is 12.1. The predicted octanol–water partition coefficient (Wildman–Crippen LogP) is 5.28. The van der Waals surface area contributed by atoms with Crippen molar-refractivity contribution in [1.29, 1.82) is 0 Å². The van der Waals surface area contributed by atoms with Crippen molar-refractivity contribution in [1.82, 2.24) is 0 Å². The SMILES string of the molecule is CCC1C2CCCC3CC1C1CCC(C1)C3CC2. The van der Waals surface area contributed by atoms with Crippen molar-refractivity contribution in [3.05, 3.63) is 0 Å². The largest absolute Gasteiger partial charge is 0.0651 e. The van der Waals surface area contributed by atoms with E-state index >= 15 is 0 Å². The molecule has 0 aromatic carbocycles. The van der Waals surface area contributed by atoms with Gasteiger partial charge in [0.15, 0.2) is 0 Å². The van der Waals surface area contributed by atoms with E-state index in [0.29, 0.717) is 0 Å². The van der Waals surface area contributed by atoms with E-state index < -0.39 is 0 Å². The normalized spacial score (nSPS) is 54.8. The molecule has 0 N–H and O–H groups in total. The summed E-state index contributed by atoms with van der Waals surface area (Å²) in [5.74, 6) is 7.95. The predicted molar refractivity (Wildman–Crippen MR) is 76.3 cm³/mol. The molecule has 0 spiro atoms. The molecule has 5 fully saturated rings. The first-order valence-corrected chi connectivity index (χ1v) is 8.86. The van der Waals surface area contributed by atoms with Gasteiger partial charge < -0.3 is 0 Å². The van der Waals surface area contributed by atoms with E-state index in [4.69, 9.17) is 0 Å². The molecule has 0 nitrogen and oxygen atoms in total. The molecule has 0 amide bonds. The maximum atomic E-state index is 2.49. The molecule has 0 saturated heterocycles. The summed E-state index contributed by atoms with van der Waals surface area (Å²) in [6, 6.07) is 0. The molecule has 0 aliphatic heterocycles. The van der Waals surface area contributed by atoms with Crippen LogP contribution in [0.1, 0.15) is 71.1 Å². The molecule has 0 heterocycles. The van der Waals surface area contributed by atoms with E-state index in [1.165, 1.54) is 6.42 Å². The van der Waals surface area contributed by atoms with Gasteiger partial charge >= 0.3 is 0 Å². The lowest BCUT2D eigenvalue weighted by molar-refractivity contribution is 0.0506. The fraction of sp³-hybridized carbons (Fsp3) is 1.00. The lowest BCUT2D eigenvalue weighted by Gasteiger charge is -2.45. The van der Waals surface area contributed by atoms with Gasteiger partial charge in [0.1, 0.15) is 0 Å². The van der Waals surface area contributed by atoms with E-state index in [-0.39, 0.29) is 0 Å². The number of rotatable bonds is 1. The Balaban J connectivity index is 1.74. The van der Waals surface area contributed by atoms with Crippen molar-refractivity contribution in [2.45, 2.75) is 71.1 Å². The van der Waals surface area contributed by atoms with Crippen molar-refractivity contribution in [3.63, 3.8) is 0 Å². The summed E-state index contributed by atoms with van der Waals surface area (Å²) in [6.45, 7) is 2.49. The third kappa shape index (κ3) is 1.70. The average molecular weight is 246 g/mol. The molecule has 6 bridgehead atoms.